The van der Waals surface area contributed by atoms with Crippen LogP contribution in [0, 0.1) is 0 Å². The zero-order chi connectivity index (χ0) is 23.9. The van der Waals surface area contributed by atoms with E-state index in [2.05, 4.69) is 0 Å². The molecule has 1 atom stereocenters. The number of carboxylic acid groups (broad SMARTS) is 1. The van der Waals surface area contributed by atoms with Crippen LogP contribution in [0.3, 0.4) is 0 Å². The highest BCUT2D eigenvalue weighted by Gasteiger charge is 2.21. The van der Waals surface area contributed by atoms with Crippen LogP contribution in [-0.2, 0) is 11.3 Å². The topological polar surface area (TPSA) is 85.3 Å². The highest BCUT2D eigenvalue weighted by Crippen LogP contribution is 2.29. The average molecular weight is 462 g/mol. The van der Waals surface area contributed by atoms with Gasteiger partial charge in [0.15, 0.2) is 0 Å². The van der Waals surface area contributed by atoms with Crippen molar-refractivity contribution in [3.05, 3.63) is 89.5 Å². The lowest BCUT2D eigenvalue weighted by Crippen LogP contribution is -2.41. The number of amides is 1. The molecule has 0 spiro atoms. The minimum absolute atomic E-state index is 0.00447. The van der Waals surface area contributed by atoms with Crippen LogP contribution in [0.25, 0.3) is 0 Å². The van der Waals surface area contributed by atoms with Crippen LogP contribution >= 0.6 is 0 Å². The first kappa shape index (κ1) is 23.3. The van der Waals surface area contributed by atoms with Crippen LogP contribution in [0.4, 0.5) is 0 Å². The molecule has 3 aromatic carbocycles. The molecule has 1 saturated heterocycles. The first-order chi connectivity index (χ1) is 16.5. The Labute approximate surface area is 198 Å². The van der Waals surface area contributed by atoms with Crippen LogP contribution < -0.4 is 9.47 Å². The number of hydrogen-bond acceptors (Lipinski definition) is 5. The Balaban J connectivity index is 1.39. The zero-order valence-electron chi connectivity index (χ0n) is 19.0. The largest absolute Gasteiger partial charge is 0.488 e. The summed E-state index contributed by atoms with van der Waals surface area (Å²) in [4.78, 5) is 25.7. The third-order valence-corrected chi connectivity index (χ3v) is 5.41. The van der Waals surface area contributed by atoms with Crippen molar-refractivity contribution in [1.29, 1.82) is 0 Å². The van der Waals surface area contributed by atoms with E-state index in [0.717, 1.165) is 25.1 Å². The van der Waals surface area contributed by atoms with Crippen molar-refractivity contribution in [1.82, 2.24) is 4.90 Å². The highest BCUT2D eigenvalue weighted by atomic mass is 16.5. The quantitative estimate of drug-likeness (QED) is 0.457. The van der Waals surface area contributed by atoms with E-state index in [-0.39, 0.29) is 17.6 Å². The average Bonchev–Trinajstić information content (AvgIpc) is 2.79. The lowest BCUT2D eigenvalue weighted by molar-refractivity contribution is 0.0490. The summed E-state index contributed by atoms with van der Waals surface area (Å²) in [6.45, 7) is 4.24. The maximum absolute atomic E-state index is 12.3. The van der Waals surface area contributed by atoms with E-state index in [1.807, 2.05) is 37.3 Å². The molecule has 0 saturated carbocycles. The van der Waals surface area contributed by atoms with E-state index in [9.17, 15) is 14.7 Å². The number of hydrogen-bond donors (Lipinski definition) is 1. The maximum atomic E-state index is 12.3. The van der Waals surface area contributed by atoms with Crippen molar-refractivity contribution in [2.75, 3.05) is 19.7 Å². The normalized spacial score (nSPS) is 13.6. The van der Waals surface area contributed by atoms with E-state index in [1.165, 1.54) is 12.1 Å². The Hall–Kier alpha value is -3.84. The van der Waals surface area contributed by atoms with E-state index in [1.54, 1.807) is 35.2 Å². The molecule has 1 aliphatic heterocycles. The lowest BCUT2D eigenvalue weighted by Gasteiger charge is -2.30. The summed E-state index contributed by atoms with van der Waals surface area (Å²) in [6.07, 6.45) is 0.738. The number of likely N-dealkylation sites (tertiary alicyclic amines) is 1. The predicted octanol–water partition coefficient (Wildman–Crippen LogP) is 5.01. The minimum atomic E-state index is -1.08. The van der Waals surface area contributed by atoms with Crippen LogP contribution in [0.1, 0.15) is 39.6 Å². The van der Waals surface area contributed by atoms with Crippen molar-refractivity contribution in [3.63, 3.8) is 0 Å². The molecule has 1 fully saturated rings. The third-order valence-electron chi connectivity index (χ3n) is 5.41. The number of benzene rings is 3. The van der Waals surface area contributed by atoms with E-state index in [0.29, 0.717) is 36.0 Å². The molecule has 0 unspecified atom stereocenters. The number of carboxylic acids is 1. The van der Waals surface area contributed by atoms with Crippen molar-refractivity contribution in [2.24, 2.45) is 0 Å². The number of carbonyl (C=O) groups is 2. The lowest BCUT2D eigenvalue weighted by atomic mass is 10.1. The van der Waals surface area contributed by atoms with Crippen LogP contribution in [0.5, 0.6) is 17.2 Å². The van der Waals surface area contributed by atoms with Crippen LogP contribution in [-0.4, -0.2) is 47.7 Å². The summed E-state index contributed by atoms with van der Waals surface area (Å²) < 4.78 is 17.5. The maximum Gasteiger partial charge on any atom is 0.335 e. The van der Waals surface area contributed by atoms with Crippen LogP contribution in [0.2, 0.25) is 0 Å². The number of ether oxygens (including phenoxy) is 3. The number of nitrogens with zero attached hydrogens (tertiary/aromatic N) is 1. The highest BCUT2D eigenvalue weighted by molar-refractivity contribution is 5.94. The number of carbonyl (C=O) groups excluding carboxylic acids is 1. The monoisotopic (exact) mass is 461 g/mol. The molecule has 1 N–H and O–H groups in total. The molecule has 4 rings (SSSR count). The summed E-state index contributed by atoms with van der Waals surface area (Å²) in [5, 5.41) is 9.50. The molecule has 0 aromatic heterocycles. The molecule has 1 heterocycles. The molecular formula is C27H27NO6. The van der Waals surface area contributed by atoms with Crippen molar-refractivity contribution in [3.8, 4) is 17.2 Å². The Bertz CT molecular complexity index is 1130. The Morgan fingerprint density at radius 2 is 1.62 bits per heavy atom. The van der Waals surface area contributed by atoms with Gasteiger partial charge in [0.25, 0.3) is 5.91 Å². The zero-order valence-corrected chi connectivity index (χ0v) is 19.0. The Morgan fingerprint density at radius 3 is 2.26 bits per heavy atom. The van der Waals surface area contributed by atoms with Gasteiger partial charge in [0.2, 0.25) is 0 Å². The van der Waals surface area contributed by atoms with Crippen molar-refractivity contribution >= 4 is 11.9 Å². The van der Waals surface area contributed by atoms with Gasteiger partial charge in [0.1, 0.15) is 23.4 Å². The second-order valence-corrected chi connectivity index (χ2v) is 8.20. The first-order valence-corrected chi connectivity index (χ1v) is 11.2. The molecule has 1 amide bonds. The molecule has 7 nitrogen and oxygen atoms in total. The molecule has 0 radical (unpaired) electrons. The smallest absolute Gasteiger partial charge is 0.335 e. The summed E-state index contributed by atoms with van der Waals surface area (Å²) in [5.41, 5.74) is 1.71. The van der Waals surface area contributed by atoms with Gasteiger partial charge in [-0.1, -0.05) is 30.3 Å². The minimum Gasteiger partial charge on any atom is -0.488 e. The standard InChI is InChI=1S/C27H27NO6/c1-19(17-32-18-20-6-3-2-4-7-20)33-24-14-22(27(30)31)15-25(16-24)34-23-10-8-21(9-11-23)26(29)28-12-5-13-28/h2-4,6-11,14-16,19H,5,12-13,17-18H2,1H3,(H,30,31)/t19-/m0/s1. The van der Waals surface area contributed by atoms with Gasteiger partial charge >= 0.3 is 5.97 Å². The SMILES string of the molecule is C[C@@H](COCc1ccccc1)Oc1cc(Oc2ccc(C(=O)N3CCC3)cc2)cc(C(=O)O)c1. The van der Waals surface area contributed by atoms with Crippen molar-refractivity contribution < 1.29 is 28.9 Å². The molecular weight excluding hydrogens is 434 g/mol. The molecule has 1 aliphatic rings. The summed E-state index contributed by atoms with van der Waals surface area (Å²) in [7, 11) is 0. The van der Waals surface area contributed by atoms with Gasteiger partial charge in [-0.05, 0) is 55.3 Å². The van der Waals surface area contributed by atoms with Gasteiger partial charge in [0.05, 0.1) is 18.8 Å². The second kappa shape index (κ2) is 10.9. The second-order valence-electron chi connectivity index (χ2n) is 8.20. The van der Waals surface area contributed by atoms with Gasteiger partial charge in [-0.3, -0.25) is 4.79 Å². The molecule has 34 heavy (non-hydrogen) atoms. The number of rotatable bonds is 10. The fourth-order valence-corrected chi connectivity index (χ4v) is 3.51. The Kier molecular flexibility index (Phi) is 7.44. The molecule has 176 valence electrons. The first-order valence-electron chi connectivity index (χ1n) is 11.2. The van der Waals surface area contributed by atoms with Gasteiger partial charge in [0, 0.05) is 24.7 Å². The van der Waals surface area contributed by atoms with E-state index < -0.39 is 5.97 Å². The van der Waals surface area contributed by atoms with Gasteiger partial charge < -0.3 is 24.2 Å². The fourth-order valence-electron chi connectivity index (χ4n) is 3.51. The van der Waals surface area contributed by atoms with Gasteiger partial charge in [-0.25, -0.2) is 4.79 Å². The summed E-state index contributed by atoms with van der Waals surface area (Å²) >= 11 is 0. The van der Waals surface area contributed by atoms with E-state index in [4.69, 9.17) is 14.2 Å². The van der Waals surface area contributed by atoms with Gasteiger partial charge in [-0.2, -0.15) is 0 Å². The fraction of sp³-hybridized carbons (Fsp3) is 0.259. The van der Waals surface area contributed by atoms with Crippen LogP contribution in [0.15, 0.2) is 72.8 Å². The number of aromatic carboxylic acids is 1. The molecule has 3 aromatic rings. The summed E-state index contributed by atoms with van der Waals surface area (Å²) in [5.74, 6) is 0.112. The Morgan fingerprint density at radius 1 is 0.912 bits per heavy atom. The molecule has 7 heteroatoms. The summed E-state index contributed by atoms with van der Waals surface area (Å²) in [6, 6.07) is 21.2. The third kappa shape index (κ3) is 6.14. The molecule has 0 bridgehead atoms. The van der Waals surface area contributed by atoms with Crippen molar-refractivity contribution in [2.45, 2.75) is 26.1 Å². The molecule has 0 aliphatic carbocycles. The van der Waals surface area contributed by atoms with Gasteiger partial charge in [-0.15, -0.1) is 0 Å². The predicted molar refractivity (Wildman–Crippen MR) is 127 cm³/mol. The van der Waals surface area contributed by atoms with E-state index >= 15 is 0 Å².